The fraction of sp³-hybridized carbons (Fsp3) is 0.923. The van der Waals surface area contributed by atoms with Gasteiger partial charge in [-0.25, -0.2) is 0 Å². The minimum absolute atomic E-state index is 0.363. The van der Waals surface area contributed by atoms with Gasteiger partial charge in [-0.05, 0) is 19.3 Å². The number of ether oxygens (including phenoxy) is 1. The Morgan fingerprint density at radius 2 is 1.73 bits per heavy atom. The first-order valence-corrected chi connectivity index (χ1v) is 6.36. The average Bonchev–Trinajstić information content (AvgIpc) is 2.17. The predicted octanol–water partition coefficient (Wildman–Crippen LogP) is 3.34. The van der Waals surface area contributed by atoms with Gasteiger partial charge in [0.25, 0.3) is 0 Å². The van der Waals surface area contributed by atoms with Gasteiger partial charge in [0.05, 0.1) is 0 Å². The highest BCUT2D eigenvalue weighted by atomic mass is 16.5. The molecule has 0 heterocycles. The van der Waals surface area contributed by atoms with Crippen molar-refractivity contribution in [1.82, 2.24) is 0 Å². The van der Waals surface area contributed by atoms with Gasteiger partial charge >= 0.3 is 0 Å². The van der Waals surface area contributed by atoms with E-state index in [1.54, 1.807) is 7.11 Å². The molecule has 88 valence electrons. The van der Waals surface area contributed by atoms with Gasteiger partial charge in [0.2, 0.25) is 0 Å². The third kappa shape index (κ3) is 5.31. The van der Waals surface area contributed by atoms with Crippen LogP contribution in [0.1, 0.15) is 57.8 Å². The van der Waals surface area contributed by atoms with Gasteiger partial charge in [-0.1, -0.05) is 32.1 Å². The fourth-order valence-electron chi connectivity index (χ4n) is 2.37. The molecular weight excluding hydrogens is 188 g/mol. The topological polar surface area (TPSA) is 26.3 Å². The maximum atomic E-state index is 11.9. The van der Waals surface area contributed by atoms with E-state index in [2.05, 4.69) is 0 Å². The standard InChI is InChI=1S/C13H24O2/c1-15-11-7-10-13(14)12-8-5-3-2-4-6-9-12/h12H,2-11H2,1H3. The Hall–Kier alpha value is -0.370. The number of hydrogen-bond donors (Lipinski definition) is 0. The molecule has 1 aliphatic carbocycles. The predicted molar refractivity (Wildman–Crippen MR) is 61.9 cm³/mol. The molecule has 1 saturated carbocycles. The second kappa shape index (κ2) is 7.86. The number of hydrogen-bond acceptors (Lipinski definition) is 2. The van der Waals surface area contributed by atoms with Crippen LogP contribution in [-0.4, -0.2) is 19.5 Å². The van der Waals surface area contributed by atoms with Crippen LogP contribution in [-0.2, 0) is 9.53 Å². The summed E-state index contributed by atoms with van der Waals surface area (Å²) < 4.78 is 4.97. The molecule has 2 nitrogen and oxygen atoms in total. The molecule has 0 spiro atoms. The first kappa shape index (κ1) is 12.7. The van der Waals surface area contributed by atoms with Gasteiger partial charge < -0.3 is 4.74 Å². The Bertz CT molecular complexity index is 169. The first-order valence-electron chi connectivity index (χ1n) is 6.36. The molecule has 0 amide bonds. The van der Waals surface area contributed by atoms with Crippen LogP contribution in [0.2, 0.25) is 0 Å². The Balaban J connectivity index is 2.22. The van der Waals surface area contributed by atoms with Crippen molar-refractivity contribution in [1.29, 1.82) is 0 Å². The largest absolute Gasteiger partial charge is 0.385 e. The van der Waals surface area contributed by atoms with Crippen molar-refractivity contribution in [3.05, 3.63) is 0 Å². The molecule has 15 heavy (non-hydrogen) atoms. The summed E-state index contributed by atoms with van der Waals surface area (Å²) in [5.41, 5.74) is 0. The van der Waals surface area contributed by atoms with Gasteiger partial charge in [0, 0.05) is 26.1 Å². The van der Waals surface area contributed by atoms with Crippen LogP contribution in [0.25, 0.3) is 0 Å². The molecule has 0 unspecified atom stereocenters. The molecule has 0 N–H and O–H groups in total. The van der Waals surface area contributed by atoms with Crippen LogP contribution in [0.5, 0.6) is 0 Å². The normalized spacial score (nSPS) is 19.5. The maximum absolute atomic E-state index is 11.9. The lowest BCUT2D eigenvalue weighted by Crippen LogP contribution is -2.16. The number of methoxy groups -OCH3 is 1. The third-order valence-corrected chi connectivity index (χ3v) is 3.33. The summed E-state index contributed by atoms with van der Waals surface area (Å²) in [5.74, 6) is 0.844. The molecule has 0 aliphatic heterocycles. The second-order valence-electron chi connectivity index (χ2n) is 4.60. The number of carbonyl (C=O) groups excluding carboxylic acids is 1. The van der Waals surface area contributed by atoms with Crippen LogP contribution in [0.3, 0.4) is 0 Å². The molecule has 0 bridgehead atoms. The number of carbonyl (C=O) groups is 1. The molecule has 0 aromatic rings. The zero-order valence-corrected chi connectivity index (χ0v) is 9.96. The lowest BCUT2D eigenvalue weighted by Gasteiger charge is -2.18. The summed E-state index contributed by atoms with van der Waals surface area (Å²) in [4.78, 5) is 11.9. The Morgan fingerprint density at radius 1 is 1.13 bits per heavy atom. The molecule has 0 saturated heterocycles. The van der Waals surface area contributed by atoms with Crippen LogP contribution < -0.4 is 0 Å². The molecule has 1 aliphatic rings. The minimum Gasteiger partial charge on any atom is -0.385 e. The van der Waals surface area contributed by atoms with E-state index in [1.807, 2.05) is 0 Å². The van der Waals surface area contributed by atoms with Crippen LogP contribution in [0.15, 0.2) is 0 Å². The van der Waals surface area contributed by atoms with E-state index in [1.165, 1.54) is 32.1 Å². The van der Waals surface area contributed by atoms with Crippen molar-refractivity contribution in [3.63, 3.8) is 0 Å². The van der Waals surface area contributed by atoms with Crippen molar-refractivity contribution in [2.75, 3.05) is 13.7 Å². The summed E-state index contributed by atoms with van der Waals surface area (Å²) in [7, 11) is 1.69. The van der Waals surface area contributed by atoms with E-state index in [0.717, 1.165) is 32.3 Å². The Kier molecular flexibility index (Phi) is 6.66. The second-order valence-corrected chi connectivity index (χ2v) is 4.60. The highest BCUT2D eigenvalue weighted by molar-refractivity contribution is 5.80. The van der Waals surface area contributed by atoms with Crippen LogP contribution >= 0.6 is 0 Å². The highest BCUT2D eigenvalue weighted by Crippen LogP contribution is 2.24. The zero-order chi connectivity index (χ0) is 10.9. The van der Waals surface area contributed by atoms with Crippen LogP contribution in [0.4, 0.5) is 0 Å². The zero-order valence-electron chi connectivity index (χ0n) is 9.96. The quantitative estimate of drug-likeness (QED) is 0.653. The average molecular weight is 212 g/mol. The molecule has 2 heteroatoms. The third-order valence-electron chi connectivity index (χ3n) is 3.33. The minimum atomic E-state index is 0.363. The molecule has 0 atom stereocenters. The monoisotopic (exact) mass is 212 g/mol. The summed E-state index contributed by atoms with van der Waals surface area (Å²) in [6, 6.07) is 0. The Morgan fingerprint density at radius 3 is 2.33 bits per heavy atom. The van der Waals surface area contributed by atoms with Crippen molar-refractivity contribution in [2.45, 2.75) is 57.8 Å². The summed E-state index contributed by atoms with van der Waals surface area (Å²) >= 11 is 0. The van der Waals surface area contributed by atoms with E-state index >= 15 is 0 Å². The smallest absolute Gasteiger partial charge is 0.136 e. The lowest BCUT2D eigenvalue weighted by molar-refractivity contribution is -0.123. The van der Waals surface area contributed by atoms with Crippen molar-refractivity contribution in [2.24, 2.45) is 5.92 Å². The van der Waals surface area contributed by atoms with Gasteiger partial charge in [-0.3, -0.25) is 4.79 Å². The van der Waals surface area contributed by atoms with E-state index in [-0.39, 0.29) is 0 Å². The van der Waals surface area contributed by atoms with Crippen molar-refractivity contribution in [3.8, 4) is 0 Å². The molecule has 0 radical (unpaired) electrons. The number of Topliss-reactive ketones (excluding diaryl/α,β-unsaturated/α-hetero) is 1. The maximum Gasteiger partial charge on any atom is 0.136 e. The first-order chi connectivity index (χ1) is 7.34. The number of ketones is 1. The van der Waals surface area contributed by atoms with Crippen molar-refractivity contribution >= 4 is 5.78 Å². The number of rotatable bonds is 5. The van der Waals surface area contributed by atoms with Crippen LogP contribution in [0, 0.1) is 5.92 Å². The van der Waals surface area contributed by atoms with E-state index in [0.29, 0.717) is 11.7 Å². The van der Waals surface area contributed by atoms with E-state index < -0.39 is 0 Å². The highest BCUT2D eigenvalue weighted by Gasteiger charge is 2.18. The summed E-state index contributed by atoms with van der Waals surface area (Å²) in [6.07, 6.45) is 10.4. The molecule has 1 fully saturated rings. The summed E-state index contributed by atoms with van der Waals surface area (Å²) in [5, 5.41) is 0. The van der Waals surface area contributed by atoms with Gasteiger partial charge in [0.1, 0.15) is 5.78 Å². The van der Waals surface area contributed by atoms with Crippen molar-refractivity contribution < 1.29 is 9.53 Å². The Labute approximate surface area is 93.4 Å². The van der Waals surface area contributed by atoms with Gasteiger partial charge in [-0.15, -0.1) is 0 Å². The SMILES string of the molecule is COCCCC(=O)C1CCCCCCC1. The molecule has 0 aromatic heterocycles. The molecule has 0 aromatic carbocycles. The molecular formula is C13H24O2. The van der Waals surface area contributed by atoms with Gasteiger partial charge in [0.15, 0.2) is 0 Å². The lowest BCUT2D eigenvalue weighted by atomic mass is 9.87. The van der Waals surface area contributed by atoms with Gasteiger partial charge in [-0.2, -0.15) is 0 Å². The summed E-state index contributed by atoms with van der Waals surface area (Å²) in [6.45, 7) is 0.721. The molecule has 1 rings (SSSR count). The van der Waals surface area contributed by atoms with E-state index in [9.17, 15) is 4.79 Å². The van der Waals surface area contributed by atoms with E-state index in [4.69, 9.17) is 4.74 Å². The fourth-order valence-corrected chi connectivity index (χ4v) is 2.37.